The summed E-state index contributed by atoms with van der Waals surface area (Å²) in [6.45, 7) is 2.93. The number of carboxylic acids is 1. The molecule has 0 aliphatic carbocycles. The van der Waals surface area contributed by atoms with E-state index in [1.54, 1.807) is 0 Å². The Bertz CT molecular complexity index is 343. The van der Waals surface area contributed by atoms with E-state index < -0.39 is 24.1 Å². The molecule has 0 aliphatic heterocycles. The van der Waals surface area contributed by atoms with Crippen LogP contribution >= 0.6 is 0 Å². The van der Waals surface area contributed by atoms with E-state index in [1.807, 2.05) is 6.92 Å². The normalized spacial score (nSPS) is 13.3. The summed E-state index contributed by atoms with van der Waals surface area (Å²) in [7, 11) is 1.40. The van der Waals surface area contributed by atoms with Gasteiger partial charge in [0.05, 0.1) is 6.54 Å². The molecule has 0 saturated carbocycles. The first kappa shape index (κ1) is 17.2. The lowest BCUT2D eigenvalue weighted by molar-refractivity contribution is -0.155. The van der Waals surface area contributed by atoms with Gasteiger partial charge >= 0.3 is 12.0 Å². The molecule has 19 heavy (non-hydrogen) atoms. The number of urea groups is 1. The van der Waals surface area contributed by atoms with Gasteiger partial charge in [-0.05, 0) is 13.3 Å². The highest BCUT2D eigenvalue weighted by molar-refractivity contribution is 5.84. The molecule has 0 heterocycles. The van der Waals surface area contributed by atoms with Crippen molar-refractivity contribution in [2.45, 2.75) is 25.9 Å². The van der Waals surface area contributed by atoms with Crippen molar-refractivity contribution in [1.29, 1.82) is 0 Å². The van der Waals surface area contributed by atoms with Gasteiger partial charge in [-0.15, -0.1) is 0 Å². The van der Waals surface area contributed by atoms with Crippen molar-refractivity contribution >= 4 is 17.9 Å². The van der Waals surface area contributed by atoms with Crippen LogP contribution in [0, 0.1) is 0 Å². The molecular weight excluding hydrogens is 254 g/mol. The molecule has 1 atom stereocenters. The zero-order valence-electron chi connectivity index (χ0n) is 11.4. The van der Waals surface area contributed by atoms with Gasteiger partial charge in [0, 0.05) is 13.6 Å². The third-order valence-electron chi connectivity index (χ3n) is 2.34. The van der Waals surface area contributed by atoms with E-state index in [0.29, 0.717) is 6.54 Å². The maximum Gasteiger partial charge on any atom is 0.337 e. The van der Waals surface area contributed by atoms with Crippen LogP contribution in [0.15, 0.2) is 0 Å². The lowest BCUT2D eigenvalue weighted by atomic mass is 10.1. The van der Waals surface area contributed by atoms with Crippen LogP contribution in [0.5, 0.6) is 0 Å². The number of carbonyl (C=O) groups excluding carboxylic acids is 2. The molecule has 0 aliphatic rings. The third-order valence-corrected chi connectivity index (χ3v) is 2.34. The minimum absolute atomic E-state index is 0.138. The average molecular weight is 275 g/mol. The number of hydrogen-bond donors (Lipinski definition) is 4. The number of nitrogens with one attached hydrogen (secondary N) is 2. The van der Waals surface area contributed by atoms with E-state index in [0.717, 1.165) is 18.2 Å². The van der Waals surface area contributed by atoms with Crippen molar-refractivity contribution in [2.75, 3.05) is 26.7 Å². The van der Waals surface area contributed by atoms with Crippen LogP contribution in [0.25, 0.3) is 0 Å². The molecule has 8 nitrogen and oxygen atoms in total. The third kappa shape index (κ3) is 6.61. The van der Waals surface area contributed by atoms with Crippen molar-refractivity contribution in [3.05, 3.63) is 0 Å². The molecule has 0 aromatic heterocycles. The number of amides is 3. The zero-order valence-corrected chi connectivity index (χ0v) is 11.4. The predicted octanol–water partition coefficient (Wildman–Crippen LogP) is -1.01. The summed E-state index contributed by atoms with van der Waals surface area (Å²) >= 11 is 0. The summed E-state index contributed by atoms with van der Waals surface area (Å²) in [6.07, 6.45) is 0.795. The van der Waals surface area contributed by atoms with Gasteiger partial charge in [0.25, 0.3) is 0 Å². The summed E-state index contributed by atoms with van der Waals surface area (Å²) in [5, 5.41) is 22.9. The molecule has 0 aromatic carbocycles. The molecule has 3 amide bonds. The summed E-state index contributed by atoms with van der Waals surface area (Å²) < 4.78 is 0. The Kier molecular flexibility index (Phi) is 6.84. The van der Waals surface area contributed by atoms with Crippen LogP contribution in [-0.4, -0.2) is 65.3 Å². The minimum Gasteiger partial charge on any atom is -0.479 e. The Morgan fingerprint density at radius 3 is 2.32 bits per heavy atom. The first-order valence-corrected chi connectivity index (χ1v) is 5.92. The monoisotopic (exact) mass is 275 g/mol. The Balaban J connectivity index is 4.14. The van der Waals surface area contributed by atoms with Gasteiger partial charge < -0.3 is 25.7 Å². The number of aliphatic carboxylic acids is 1. The van der Waals surface area contributed by atoms with Crippen LogP contribution < -0.4 is 10.6 Å². The summed E-state index contributed by atoms with van der Waals surface area (Å²) in [6, 6.07) is -0.631. The van der Waals surface area contributed by atoms with E-state index in [1.165, 1.54) is 7.05 Å². The Morgan fingerprint density at radius 2 is 1.84 bits per heavy atom. The average Bonchev–Trinajstić information content (AvgIpc) is 2.33. The molecule has 8 heteroatoms. The number of carbonyl (C=O) groups is 3. The van der Waals surface area contributed by atoms with Crippen LogP contribution in [0.1, 0.15) is 20.3 Å². The van der Waals surface area contributed by atoms with Crippen molar-refractivity contribution < 1.29 is 24.6 Å². The van der Waals surface area contributed by atoms with E-state index in [-0.39, 0.29) is 12.5 Å². The van der Waals surface area contributed by atoms with Crippen molar-refractivity contribution in [3.63, 3.8) is 0 Å². The van der Waals surface area contributed by atoms with Crippen LogP contribution in [0.2, 0.25) is 0 Å². The predicted molar refractivity (Wildman–Crippen MR) is 67.6 cm³/mol. The quantitative estimate of drug-likeness (QED) is 0.474. The largest absolute Gasteiger partial charge is 0.479 e. The van der Waals surface area contributed by atoms with Crippen LogP contribution in [0.4, 0.5) is 4.79 Å². The lowest BCUT2D eigenvalue weighted by Gasteiger charge is -2.22. The number of hydrogen-bond acceptors (Lipinski definition) is 4. The molecular formula is C11H21N3O5. The fraction of sp³-hybridized carbons (Fsp3) is 0.727. The molecule has 0 radical (unpaired) electrons. The van der Waals surface area contributed by atoms with Crippen molar-refractivity contribution in [2.24, 2.45) is 0 Å². The number of nitrogens with zero attached hydrogens (tertiary/aromatic N) is 1. The van der Waals surface area contributed by atoms with Gasteiger partial charge in [-0.25, -0.2) is 9.59 Å². The van der Waals surface area contributed by atoms with Gasteiger partial charge in [-0.3, -0.25) is 4.79 Å². The standard InChI is InChI=1S/C11H21N3O5/c1-4-5-12-8(15)6-14(3)10(18)13-7-11(2,19)9(16)17/h19H,4-7H2,1-3H3,(H,12,15)(H,13,18)(H,16,17). The molecule has 110 valence electrons. The topological polar surface area (TPSA) is 119 Å². The molecule has 0 fully saturated rings. The highest BCUT2D eigenvalue weighted by Gasteiger charge is 2.30. The number of rotatable bonds is 7. The Morgan fingerprint density at radius 1 is 1.26 bits per heavy atom. The first-order valence-electron chi connectivity index (χ1n) is 5.92. The summed E-state index contributed by atoms with van der Waals surface area (Å²) in [4.78, 5) is 34.6. The van der Waals surface area contributed by atoms with Gasteiger partial charge in [-0.2, -0.15) is 0 Å². The highest BCUT2D eigenvalue weighted by Crippen LogP contribution is 2.01. The number of carboxylic acid groups (broad SMARTS) is 1. The maximum absolute atomic E-state index is 11.6. The van der Waals surface area contributed by atoms with E-state index in [4.69, 9.17) is 5.11 Å². The Hall–Kier alpha value is -1.83. The summed E-state index contributed by atoms with van der Waals surface area (Å²) in [5.41, 5.74) is -2.04. The summed E-state index contributed by atoms with van der Waals surface area (Å²) in [5.74, 6) is -1.74. The van der Waals surface area contributed by atoms with Gasteiger partial charge in [0.1, 0.15) is 6.54 Å². The van der Waals surface area contributed by atoms with E-state index in [2.05, 4.69) is 10.6 Å². The van der Waals surface area contributed by atoms with Crippen molar-refractivity contribution in [1.82, 2.24) is 15.5 Å². The van der Waals surface area contributed by atoms with Gasteiger partial charge in [0.15, 0.2) is 5.60 Å². The highest BCUT2D eigenvalue weighted by atomic mass is 16.4. The maximum atomic E-state index is 11.6. The lowest BCUT2D eigenvalue weighted by Crippen LogP contribution is -2.50. The number of likely N-dealkylation sites (N-methyl/N-ethyl adjacent to an activating group) is 1. The van der Waals surface area contributed by atoms with Crippen LogP contribution in [0.3, 0.4) is 0 Å². The zero-order chi connectivity index (χ0) is 15.1. The first-order chi connectivity index (χ1) is 8.70. The number of aliphatic hydroxyl groups is 1. The van der Waals surface area contributed by atoms with E-state index in [9.17, 15) is 19.5 Å². The molecule has 0 spiro atoms. The van der Waals surface area contributed by atoms with Crippen molar-refractivity contribution in [3.8, 4) is 0 Å². The Labute approximate surface area is 111 Å². The van der Waals surface area contributed by atoms with E-state index >= 15 is 0 Å². The molecule has 0 rings (SSSR count). The minimum atomic E-state index is -2.04. The fourth-order valence-electron chi connectivity index (χ4n) is 1.07. The van der Waals surface area contributed by atoms with Crippen LogP contribution in [-0.2, 0) is 9.59 Å². The molecule has 0 aromatic rings. The molecule has 0 bridgehead atoms. The smallest absolute Gasteiger partial charge is 0.337 e. The van der Waals surface area contributed by atoms with Gasteiger partial charge in [0.2, 0.25) is 5.91 Å². The molecule has 1 unspecified atom stereocenters. The van der Waals surface area contributed by atoms with Gasteiger partial charge in [-0.1, -0.05) is 6.92 Å². The molecule has 0 saturated heterocycles. The molecule has 4 N–H and O–H groups in total. The SMILES string of the molecule is CCCNC(=O)CN(C)C(=O)NCC(C)(O)C(=O)O. The fourth-order valence-corrected chi connectivity index (χ4v) is 1.07. The second-order valence-electron chi connectivity index (χ2n) is 4.44. The second kappa shape index (κ2) is 7.57. The second-order valence-corrected chi connectivity index (χ2v) is 4.44.